The van der Waals surface area contributed by atoms with Crippen molar-refractivity contribution < 1.29 is 38.7 Å². The van der Waals surface area contributed by atoms with Crippen LogP contribution in [0.5, 0.6) is 23.0 Å². The Morgan fingerprint density at radius 1 is 0.793 bits per heavy atom. The molecule has 154 valence electrons. The summed E-state index contributed by atoms with van der Waals surface area (Å²) in [6.07, 6.45) is 0.765. The zero-order valence-corrected chi connectivity index (χ0v) is 16.1. The molecule has 2 atom stereocenters. The Balaban J connectivity index is 1.56. The molecular weight excluding hydrogens is 380 g/mol. The van der Waals surface area contributed by atoms with Gasteiger partial charge in [0.1, 0.15) is 12.2 Å². The van der Waals surface area contributed by atoms with Crippen LogP contribution < -0.4 is 9.47 Å². The van der Waals surface area contributed by atoms with Gasteiger partial charge in [-0.05, 0) is 49.2 Å². The number of benzene rings is 2. The van der Waals surface area contributed by atoms with E-state index in [0.29, 0.717) is 19.3 Å². The van der Waals surface area contributed by atoms with Gasteiger partial charge in [-0.1, -0.05) is 0 Å². The predicted molar refractivity (Wildman–Crippen MR) is 102 cm³/mol. The average Bonchev–Trinajstić information content (AvgIpc) is 3.15. The van der Waals surface area contributed by atoms with Crippen LogP contribution in [0.4, 0.5) is 0 Å². The van der Waals surface area contributed by atoms with Gasteiger partial charge in [-0.25, -0.2) is 9.59 Å². The number of carbonyl (C=O) groups is 2. The van der Waals surface area contributed by atoms with E-state index in [2.05, 4.69) is 0 Å². The fourth-order valence-corrected chi connectivity index (χ4v) is 3.16. The molecule has 2 aromatic rings. The molecule has 0 bridgehead atoms. The van der Waals surface area contributed by atoms with Crippen molar-refractivity contribution in [3.8, 4) is 23.0 Å². The number of aromatic hydroxyl groups is 2. The van der Waals surface area contributed by atoms with Crippen LogP contribution in [0.1, 0.15) is 40.0 Å². The highest BCUT2D eigenvalue weighted by Crippen LogP contribution is 2.30. The second-order valence-electron chi connectivity index (χ2n) is 6.64. The van der Waals surface area contributed by atoms with Crippen LogP contribution in [0.2, 0.25) is 0 Å². The summed E-state index contributed by atoms with van der Waals surface area (Å²) in [4.78, 5) is 24.7. The van der Waals surface area contributed by atoms with Gasteiger partial charge in [0, 0.05) is 6.42 Å². The number of ether oxygens (including phenoxy) is 4. The fraction of sp³-hybridized carbons (Fsp3) is 0.333. The van der Waals surface area contributed by atoms with E-state index in [0.717, 1.165) is 0 Å². The molecule has 0 aromatic heterocycles. The minimum Gasteiger partial charge on any atom is -0.504 e. The number of hydrogen-bond donors (Lipinski definition) is 2. The van der Waals surface area contributed by atoms with E-state index in [1.807, 2.05) is 0 Å². The minimum absolute atomic E-state index is 0.0669. The Labute approximate surface area is 167 Å². The van der Waals surface area contributed by atoms with Crippen LogP contribution in [-0.2, 0) is 9.47 Å². The van der Waals surface area contributed by atoms with Crippen molar-refractivity contribution in [2.24, 2.45) is 0 Å². The summed E-state index contributed by atoms with van der Waals surface area (Å²) in [7, 11) is 2.79. The lowest BCUT2D eigenvalue weighted by Crippen LogP contribution is -2.19. The van der Waals surface area contributed by atoms with Crippen LogP contribution in [-0.4, -0.2) is 48.6 Å². The smallest absolute Gasteiger partial charge is 0.338 e. The lowest BCUT2D eigenvalue weighted by molar-refractivity contribution is 0.0192. The second kappa shape index (κ2) is 8.72. The number of carbonyl (C=O) groups excluding carboxylic acids is 2. The van der Waals surface area contributed by atoms with Crippen molar-refractivity contribution in [1.82, 2.24) is 0 Å². The quantitative estimate of drug-likeness (QED) is 0.709. The van der Waals surface area contributed by atoms with Gasteiger partial charge < -0.3 is 29.2 Å². The summed E-state index contributed by atoms with van der Waals surface area (Å²) in [5.74, 6) is -0.846. The van der Waals surface area contributed by atoms with Gasteiger partial charge in [-0.2, -0.15) is 0 Å². The number of hydrogen-bond acceptors (Lipinski definition) is 8. The summed E-state index contributed by atoms with van der Waals surface area (Å²) in [5.41, 5.74) is 0.521. The molecule has 8 nitrogen and oxygen atoms in total. The summed E-state index contributed by atoms with van der Waals surface area (Å²) < 4.78 is 21.0. The van der Waals surface area contributed by atoms with Crippen LogP contribution in [0.15, 0.2) is 36.4 Å². The standard InChI is InChI=1S/C21H22O8/c1-26-18-9-12(3-7-16(18)22)20(24)28-14-5-6-15(11-14)29-21(25)13-4-8-17(23)19(10-13)27-2/h3-4,7-10,14-15,22-23H,5-6,11H2,1-2H3/t14-,15-/m0/s1. The highest BCUT2D eigenvalue weighted by molar-refractivity contribution is 5.91. The first-order chi connectivity index (χ1) is 13.9. The Kier molecular flexibility index (Phi) is 6.11. The Hall–Kier alpha value is -3.42. The molecule has 1 saturated carbocycles. The molecule has 29 heavy (non-hydrogen) atoms. The van der Waals surface area contributed by atoms with Gasteiger partial charge in [0.15, 0.2) is 23.0 Å². The largest absolute Gasteiger partial charge is 0.504 e. The second-order valence-corrected chi connectivity index (χ2v) is 6.64. The van der Waals surface area contributed by atoms with E-state index in [1.165, 1.54) is 50.6 Å². The highest BCUT2D eigenvalue weighted by atomic mass is 16.6. The molecule has 0 aliphatic heterocycles. The molecule has 2 aromatic carbocycles. The van der Waals surface area contributed by atoms with Gasteiger partial charge in [0.25, 0.3) is 0 Å². The first kappa shape index (κ1) is 20.3. The maximum absolute atomic E-state index is 12.3. The number of methoxy groups -OCH3 is 2. The fourth-order valence-electron chi connectivity index (χ4n) is 3.16. The van der Waals surface area contributed by atoms with Crippen molar-refractivity contribution in [3.63, 3.8) is 0 Å². The van der Waals surface area contributed by atoms with E-state index in [9.17, 15) is 19.8 Å². The van der Waals surface area contributed by atoms with E-state index >= 15 is 0 Å². The molecule has 0 radical (unpaired) electrons. The highest BCUT2D eigenvalue weighted by Gasteiger charge is 2.31. The lowest BCUT2D eigenvalue weighted by Gasteiger charge is -2.14. The molecule has 0 heterocycles. The number of phenolic OH excluding ortho intramolecular Hbond substituents is 2. The molecule has 2 N–H and O–H groups in total. The summed E-state index contributed by atoms with van der Waals surface area (Å²) in [5, 5.41) is 19.2. The Morgan fingerprint density at radius 2 is 1.21 bits per heavy atom. The normalized spacial score (nSPS) is 18.1. The van der Waals surface area contributed by atoms with Crippen molar-refractivity contribution in [1.29, 1.82) is 0 Å². The summed E-state index contributed by atoms with van der Waals surface area (Å²) in [6.45, 7) is 0. The van der Waals surface area contributed by atoms with Crippen LogP contribution in [0.3, 0.4) is 0 Å². The minimum atomic E-state index is -0.538. The van der Waals surface area contributed by atoms with Crippen molar-refractivity contribution in [2.45, 2.75) is 31.5 Å². The molecule has 1 aliphatic carbocycles. The molecule has 0 spiro atoms. The van der Waals surface area contributed by atoms with E-state index in [1.54, 1.807) is 0 Å². The molecular formula is C21H22O8. The molecule has 0 unspecified atom stereocenters. The topological polar surface area (TPSA) is 112 Å². The van der Waals surface area contributed by atoms with Gasteiger partial charge in [0.05, 0.1) is 25.3 Å². The van der Waals surface area contributed by atoms with E-state index < -0.39 is 11.9 Å². The number of phenols is 2. The van der Waals surface area contributed by atoms with E-state index in [-0.39, 0.29) is 46.3 Å². The van der Waals surface area contributed by atoms with Crippen molar-refractivity contribution in [3.05, 3.63) is 47.5 Å². The van der Waals surface area contributed by atoms with Gasteiger partial charge in [-0.15, -0.1) is 0 Å². The molecule has 8 heteroatoms. The SMILES string of the molecule is COc1cc(C(=O)O[C@H]2CC[C@H](OC(=O)c3ccc(O)c(OC)c3)C2)ccc1O. The number of esters is 2. The Bertz CT molecular complexity index is 834. The number of rotatable bonds is 6. The van der Waals surface area contributed by atoms with Crippen LogP contribution in [0.25, 0.3) is 0 Å². The maximum atomic E-state index is 12.3. The zero-order valence-electron chi connectivity index (χ0n) is 16.1. The monoisotopic (exact) mass is 402 g/mol. The zero-order chi connectivity index (χ0) is 21.0. The first-order valence-electron chi connectivity index (χ1n) is 9.07. The third-order valence-electron chi connectivity index (χ3n) is 4.71. The molecule has 1 fully saturated rings. The molecule has 0 saturated heterocycles. The molecule has 0 amide bonds. The summed E-state index contributed by atoms with van der Waals surface area (Å²) >= 11 is 0. The Morgan fingerprint density at radius 3 is 1.59 bits per heavy atom. The van der Waals surface area contributed by atoms with Gasteiger partial charge in [0.2, 0.25) is 0 Å². The van der Waals surface area contributed by atoms with Crippen LogP contribution in [0, 0.1) is 0 Å². The maximum Gasteiger partial charge on any atom is 0.338 e. The van der Waals surface area contributed by atoms with Crippen molar-refractivity contribution in [2.75, 3.05) is 14.2 Å². The third-order valence-corrected chi connectivity index (χ3v) is 4.71. The predicted octanol–water partition coefficient (Wildman–Crippen LogP) is 3.05. The van der Waals surface area contributed by atoms with Gasteiger partial charge >= 0.3 is 11.9 Å². The molecule has 1 aliphatic rings. The molecule has 3 rings (SSSR count). The average molecular weight is 402 g/mol. The summed E-state index contributed by atoms with van der Waals surface area (Å²) in [6, 6.07) is 8.43. The lowest BCUT2D eigenvalue weighted by atomic mass is 10.2. The first-order valence-corrected chi connectivity index (χ1v) is 9.07. The van der Waals surface area contributed by atoms with E-state index in [4.69, 9.17) is 18.9 Å². The van der Waals surface area contributed by atoms with Crippen molar-refractivity contribution >= 4 is 11.9 Å². The van der Waals surface area contributed by atoms with Crippen LogP contribution >= 0.6 is 0 Å². The third kappa shape index (κ3) is 4.71. The van der Waals surface area contributed by atoms with Gasteiger partial charge in [-0.3, -0.25) is 0 Å².